The Balaban J connectivity index is 2.00. The van der Waals surface area contributed by atoms with E-state index in [1.165, 1.54) is 19.3 Å². The SMILES string of the molecule is NCC1CCC(n2cccn2)C1. The number of nitrogens with zero attached hydrogens (tertiary/aromatic N) is 2. The molecule has 1 fully saturated rings. The van der Waals surface area contributed by atoms with E-state index in [1.807, 2.05) is 18.5 Å². The van der Waals surface area contributed by atoms with E-state index in [-0.39, 0.29) is 0 Å². The zero-order valence-electron chi connectivity index (χ0n) is 7.19. The molecule has 0 aromatic carbocycles. The molecule has 3 heteroatoms. The van der Waals surface area contributed by atoms with Crippen LogP contribution in [0, 0.1) is 5.92 Å². The Hall–Kier alpha value is -0.830. The summed E-state index contributed by atoms with van der Waals surface area (Å²) in [7, 11) is 0. The number of aromatic nitrogens is 2. The van der Waals surface area contributed by atoms with Crippen LogP contribution in [0.1, 0.15) is 25.3 Å². The summed E-state index contributed by atoms with van der Waals surface area (Å²) < 4.78 is 2.07. The molecule has 0 aliphatic heterocycles. The first-order valence-electron chi connectivity index (χ1n) is 4.59. The second-order valence-corrected chi connectivity index (χ2v) is 3.55. The summed E-state index contributed by atoms with van der Waals surface area (Å²) in [5.41, 5.74) is 5.62. The molecule has 0 amide bonds. The summed E-state index contributed by atoms with van der Waals surface area (Å²) in [5, 5.41) is 4.24. The fourth-order valence-corrected chi connectivity index (χ4v) is 2.00. The van der Waals surface area contributed by atoms with E-state index in [0.29, 0.717) is 6.04 Å². The minimum Gasteiger partial charge on any atom is -0.330 e. The first-order valence-corrected chi connectivity index (χ1v) is 4.59. The second-order valence-electron chi connectivity index (χ2n) is 3.55. The van der Waals surface area contributed by atoms with E-state index in [1.54, 1.807) is 0 Å². The zero-order chi connectivity index (χ0) is 8.39. The third-order valence-electron chi connectivity index (χ3n) is 2.75. The Morgan fingerprint density at radius 3 is 3.00 bits per heavy atom. The van der Waals surface area contributed by atoms with Crippen molar-refractivity contribution in [3.63, 3.8) is 0 Å². The molecule has 1 aromatic heterocycles. The Kier molecular flexibility index (Phi) is 2.13. The number of nitrogens with two attached hydrogens (primary N) is 1. The fourth-order valence-electron chi connectivity index (χ4n) is 2.00. The van der Waals surface area contributed by atoms with Gasteiger partial charge in [0.05, 0.1) is 6.04 Å². The van der Waals surface area contributed by atoms with Gasteiger partial charge in [0.25, 0.3) is 0 Å². The van der Waals surface area contributed by atoms with E-state index in [0.717, 1.165) is 12.5 Å². The summed E-state index contributed by atoms with van der Waals surface area (Å²) in [5.74, 6) is 0.721. The van der Waals surface area contributed by atoms with Gasteiger partial charge in [0.15, 0.2) is 0 Å². The van der Waals surface area contributed by atoms with E-state index in [4.69, 9.17) is 5.73 Å². The lowest BCUT2D eigenvalue weighted by Gasteiger charge is -2.09. The third-order valence-corrected chi connectivity index (χ3v) is 2.75. The van der Waals surface area contributed by atoms with Gasteiger partial charge in [-0.15, -0.1) is 0 Å². The van der Waals surface area contributed by atoms with Gasteiger partial charge in [-0.2, -0.15) is 5.10 Å². The smallest absolute Gasteiger partial charge is 0.0522 e. The molecule has 3 nitrogen and oxygen atoms in total. The molecule has 0 bridgehead atoms. The minimum atomic E-state index is 0.605. The first kappa shape index (κ1) is 7.80. The summed E-state index contributed by atoms with van der Waals surface area (Å²) in [6.45, 7) is 0.831. The molecule has 1 aliphatic carbocycles. The number of rotatable bonds is 2. The van der Waals surface area contributed by atoms with Crippen molar-refractivity contribution in [2.75, 3.05) is 6.54 Å². The molecular formula is C9H15N3. The summed E-state index contributed by atoms with van der Waals surface area (Å²) in [4.78, 5) is 0. The Morgan fingerprint density at radius 2 is 2.42 bits per heavy atom. The first-order chi connectivity index (χ1) is 5.90. The zero-order valence-corrected chi connectivity index (χ0v) is 7.19. The van der Waals surface area contributed by atoms with Crippen LogP contribution in [-0.2, 0) is 0 Å². The van der Waals surface area contributed by atoms with Crippen LogP contribution < -0.4 is 5.73 Å². The van der Waals surface area contributed by atoms with Gasteiger partial charge >= 0.3 is 0 Å². The van der Waals surface area contributed by atoms with Crippen molar-refractivity contribution in [2.24, 2.45) is 11.7 Å². The molecule has 2 unspecified atom stereocenters. The molecule has 1 aromatic rings. The van der Waals surface area contributed by atoms with E-state index in [2.05, 4.69) is 9.78 Å². The summed E-state index contributed by atoms with van der Waals surface area (Å²) in [6.07, 6.45) is 7.60. The van der Waals surface area contributed by atoms with Crippen molar-refractivity contribution in [3.05, 3.63) is 18.5 Å². The van der Waals surface area contributed by atoms with Crippen LogP contribution in [0.3, 0.4) is 0 Å². The molecule has 1 heterocycles. The van der Waals surface area contributed by atoms with Crippen molar-refractivity contribution in [3.8, 4) is 0 Å². The maximum Gasteiger partial charge on any atom is 0.0522 e. The highest BCUT2D eigenvalue weighted by molar-refractivity contribution is 4.86. The molecule has 12 heavy (non-hydrogen) atoms. The van der Waals surface area contributed by atoms with E-state index < -0.39 is 0 Å². The third kappa shape index (κ3) is 1.37. The van der Waals surface area contributed by atoms with Gasteiger partial charge in [-0.3, -0.25) is 4.68 Å². The van der Waals surface area contributed by atoms with Crippen LogP contribution >= 0.6 is 0 Å². The largest absolute Gasteiger partial charge is 0.330 e. The van der Waals surface area contributed by atoms with Crippen molar-refractivity contribution in [1.29, 1.82) is 0 Å². The molecule has 0 spiro atoms. The Labute approximate surface area is 72.6 Å². The lowest BCUT2D eigenvalue weighted by atomic mass is 10.1. The average Bonchev–Trinajstić information content (AvgIpc) is 2.75. The minimum absolute atomic E-state index is 0.605. The number of hydrogen-bond donors (Lipinski definition) is 1. The van der Waals surface area contributed by atoms with E-state index in [9.17, 15) is 0 Å². The molecule has 1 saturated carbocycles. The van der Waals surface area contributed by atoms with Gasteiger partial charge in [0, 0.05) is 12.4 Å². The topological polar surface area (TPSA) is 43.8 Å². The Morgan fingerprint density at radius 1 is 1.50 bits per heavy atom. The van der Waals surface area contributed by atoms with Crippen LogP contribution in [0.15, 0.2) is 18.5 Å². The van der Waals surface area contributed by atoms with Crippen molar-refractivity contribution >= 4 is 0 Å². The van der Waals surface area contributed by atoms with E-state index >= 15 is 0 Å². The molecule has 0 radical (unpaired) electrons. The molecule has 2 atom stereocenters. The molecule has 0 saturated heterocycles. The second kappa shape index (κ2) is 3.27. The normalized spacial score (nSPS) is 29.4. The van der Waals surface area contributed by atoms with Gasteiger partial charge in [-0.05, 0) is 37.8 Å². The summed E-state index contributed by atoms with van der Waals surface area (Å²) in [6, 6.07) is 2.59. The predicted octanol–water partition coefficient (Wildman–Crippen LogP) is 1.18. The van der Waals surface area contributed by atoms with Crippen LogP contribution in [0.2, 0.25) is 0 Å². The highest BCUT2D eigenvalue weighted by Gasteiger charge is 2.24. The van der Waals surface area contributed by atoms with Crippen LogP contribution in [0.25, 0.3) is 0 Å². The molecule has 2 rings (SSSR count). The van der Waals surface area contributed by atoms with Gasteiger partial charge < -0.3 is 5.73 Å². The molecule has 2 N–H and O–H groups in total. The highest BCUT2D eigenvalue weighted by atomic mass is 15.3. The summed E-state index contributed by atoms with van der Waals surface area (Å²) >= 11 is 0. The monoisotopic (exact) mass is 165 g/mol. The van der Waals surface area contributed by atoms with Gasteiger partial charge in [0.2, 0.25) is 0 Å². The maximum atomic E-state index is 5.62. The lowest BCUT2D eigenvalue weighted by Crippen LogP contribution is -2.12. The molecule has 66 valence electrons. The van der Waals surface area contributed by atoms with Gasteiger partial charge in [0.1, 0.15) is 0 Å². The van der Waals surface area contributed by atoms with Crippen molar-refractivity contribution < 1.29 is 0 Å². The van der Waals surface area contributed by atoms with Gasteiger partial charge in [-0.25, -0.2) is 0 Å². The van der Waals surface area contributed by atoms with Gasteiger partial charge in [-0.1, -0.05) is 0 Å². The van der Waals surface area contributed by atoms with Crippen LogP contribution in [-0.4, -0.2) is 16.3 Å². The molecular weight excluding hydrogens is 150 g/mol. The standard InChI is InChI=1S/C9H15N3/c10-7-8-2-3-9(6-8)12-5-1-4-11-12/h1,4-5,8-9H,2-3,6-7,10H2. The molecule has 1 aliphatic rings. The van der Waals surface area contributed by atoms with Crippen molar-refractivity contribution in [2.45, 2.75) is 25.3 Å². The fraction of sp³-hybridized carbons (Fsp3) is 0.667. The average molecular weight is 165 g/mol. The van der Waals surface area contributed by atoms with Crippen LogP contribution in [0.5, 0.6) is 0 Å². The van der Waals surface area contributed by atoms with Crippen LogP contribution in [0.4, 0.5) is 0 Å². The lowest BCUT2D eigenvalue weighted by molar-refractivity contribution is 0.443. The Bertz CT molecular complexity index is 230. The highest BCUT2D eigenvalue weighted by Crippen LogP contribution is 2.32. The quantitative estimate of drug-likeness (QED) is 0.715. The maximum absolute atomic E-state index is 5.62. The predicted molar refractivity (Wildman–Crippen MR) is 47.7 cm³/mol. The number of hydrogen-bond acceptors (Lipinski definition) is 2. The van der Waals surface area contributed by atoms with Crippen molar-refractivity contribution in [1.82, 2.24) is 9.78 Å².